The van der Waals surface area contributed by atoms with Gasteiger partial charge in [-0.1, -0.05) is 359 Å². The monoisotopic (exact) mass is 1500 g/mol. The molecule has 17 unspecified atom stereocenters. The Bertz CT molecular complexity index is 2030. The van der Waals surface area contributed by atoms with Crippen LogP contribution < -0.4 is 5.32 Å². The van der Waals surface area contributed by atoms with Gasteiger partial charge >= 0.3 is 0 Å². The molecule has 17 atom stereocenters. The Morgan fingerprint density at radius 3 is 0.952 bits per heavy atom. The van der Waals surface area contributed by atoms with Crippen molar-refractivity contribution in [2.24, 2.45) is 0 Å². The number of rotatable bonds is 71. The van der Waals surface area contributed by atoms with E-state index in [0.717, 1.165) is 44.9 Å². The van der Waals surface area contributed by atoms with Crippen LogP contribution in [0.15, 0.2) is 36.5 Å². The first-order chi connectivity index (χ1) is 51.3. The van der Waals surface area contributed by atoms with Crippen LogP contribution in [0.3, 0.4) is 0 Å². The van der Waals surface area contributed by atoms with Gasteiger partial charge in [-0.3, -0.25) is 4.79 Å². The number of carbonyl (C=O) groups is 1. The number of nitrogens with one attached hydrogen (secondary N) is 1. The third kappa shape index (κ3) is 46.0. The van der Waals surface area contributed by atoms with Crippen molar-refractivity contribution in [1.29, 1.82) is 0 Å². The summed E-state index contributed by atoms with van der Waals surface area (Å²) in [4.78, 5) is 13.5. The summed E-state index contributed by atoms with van der Waals surface area (Å²) in [6, 6.07) is -0.997. The van der Waals surface area contributed by atoms with Crippen molar-refractivity contribution in [2.45, 2.75) is 478 Å². The van der Waals surface area contributed by atoms with E-state index in [1.54, 1.807) is 6.08 Å². The lowest BCUT2D eigenvalue weighted by Gasteiger charge is -2.48. The van der Waals surface area contributed by atoms with Crippen molar-refractivity contribution in [3.05, 3.63) is 36.5 Å². The van der Waals surface area contributed by atoms with E-state index >= 15 is 0 Å². The predicted octanol–water partition coefficient (Wildman–Crippen LogP) is 15.9. The van der Waals surface area contributed by atoms with Gasteiger partial charge in [0.1, 0.15) is 73.2 Å². The molecule has 0 radical (unpaired) electrons. The summed E-state index contributed by atoms with van der Waals surface area (Å²) < 4.78 is 34.5. The highest BCUT2D eigenvalue weighted by Crippen LogP contribution is 2.33. The molecule has 1 amide bonds. The molecule has 0 saturated carbocycles. The van der Waals surface area contributed by atoms with Crippen LogP contribution in [-0.2, 0) is 33.2 Å². The number of carbonyl (C=O) groups excluding carboxylic acids is 1. The maximum Gasteiger partial charge on any atom is 0.220 e. The van der Waals surface area contributed by atoms with E-state index in [-0.39, 0.29) is 18.9 Å². The Morgan fingerprint density at radius 2 is 0.610 bits per heavy atom. The SMILES string of the molecule is CCCCCCCCCCCCCCCCCCCCCCCCC/C=C/CC/C=C/CC/C=C/C(O)C(COC1OC(CO)C(OC2OC(CO)C(OC3OC(CO)C(O)C(O)C3O)C(O)C2O)C(O)C1O)NC(=O)CCCCCCCCCCCCCCCCCCCCCCCCCCCCC. The van der Waals surface area contributed by atoms with Gasteiger partial charge in [0.05, 0.1) is 38.6 Å². The molecule has 19 heteroatoms. The molecule has 0 spiro atoms. The van der Waals surface area contributed by atoms with E-state index in [0.29, 0.717) is 12.8 Å². The van der Waals surface area contributed by atoms with Gasteiger partial charge in [0, 0.05) is 6.42 Å². The second kappa shape index (κ2) is 66.6. The Morgan fingerprint density at radius 1 is 0.333 bits per heavy atom. The van der Waals surface area contributed by atoms with Crippen molar-refractivity contribution >= 4 is 5.91 Å². The number of amides is 1. The van der Waals surface area contributed by atoms with Crippen molar-refractivity contribution in [1.82, 2.24) is 5.32 Å². The molecule has 0 aromatic carbocycles. The second-order valence-electron chi connectivity index (χ2n) is 31.3. The number of hydrogen-bond donors (Lipinski definition) is 12. The average molecular weight is 1500 g/mol. The molecule has 3 aliphatic heterocycles. The summed E-state index contributed by atoms with van der Waals surface area (Å²) >= 11 is 0. The summed E-state index contributed by atoms with van der Waals surface area (Å²) in [7, 11) is 0. The topological polar surface area (TPSA) is 307 Å². The quantitative estimate of drug-likeness (QED) is 0.0199. The van der Waals surface area contributed by atoms with Crippen LogP contribution in [0, 0.1) is 0 Å². The Labute approximate surface area is 638 Å². The van der Waals surface area contributed by atoms with E-state index < -0.39 is 124 Å². The lowest BCUT2D eigenvalue weighted by atomic mass is 9.96. The number of ether oxygens (including phenoxy) is 6. The van der Waals surface area contributed by atoms with Gasteiger partial charge in [0.15, 0.2) is 18.9 Å². The zero-order chi connectivity index (χ0) is 76.0. The minimum Gasteiger partial charge on any atom is -0.394 e. The maximum absolute atomic E-state index is 13.5. The van der Waals surface area contributed by atoms with Crippen LogP contribution in [-0.4, -0.2) is 193 Å². The molecule has 3 aliphatic rings. The first kappa shape index (κ1) is 97.2. The van der Waals surface area contributed by atoms with Gasteiger partial charge in [-0.2, -0.15) is 0 Å². The Hall–Kier alpha value is -1.99. The van der Waals surface area contributed by atoms with Crippen LogP contribution in [0.4, 0.5) is 0 Å². The van der Waals surface area contributed by atoms with E-state index in [9.17, 15) is 61.0 Å². The normalized spacial score (nSPS) is 25.9. The highest BCUT2D eigenvalue weighted by molar-refractivity contribution is 5.76. The zero-order valence-electron chi connectivity index (χ0n) is 66.5. The molecule has 0 aromatic rings. The average Bonchev–Trinajstić information content (AvgIpc) is 0.775. The highest BCUT2D eigenvalue weighted by Gasteiger charge is 2.54. The van der Waals surface area contributed by atoms with Crippen LogP contribution >= 0.6 is 0 Å². The molecule has 0 bridgehead atoms. The standard InChI is InChI=1S/C86H161NO18/c1-3-5-7-9-11-13-15-17-19-21-23-25-27-29-31-32-33-34-35-36-38-39-41-43-45-47-49-51-53-55-57-59-61-63-70(91)69(87-74(92)64-62-60-58-56-54-52-50-48-46-44-42-40-37-30-28-26-24-22-20-18-16-14-12-10-8-6-4-2)68-100-84-80(98)77(95)82(72(66-89)102-84)105-86-81(99)78(96)83(73(67-90)103-86)104-85-79(97)76(94)75(93)71(65-88)101-85/h45,47,53,55,61,63,69-73,75-86,88-91,93-99H,3-44,46,48-52,54,56-60,62,64-68H2,1-2H3,(H,87,92)/b47-45+,55-53+,63-61+. The van der Waals surface area contributed by atoms with Gasteiger partial charge in [0.2, 0.25) is 5.91 Å². The summed E-state index contributed by atoms with van der Waals surface area (Å²) in [6.07, 6.45) is 57.3. The first-order valence-corrected chi connectivity index (χ1v) is 43.7. The third-order valence-corrected chi connectivity index (χ3v) is 21.9. The van der Waals surface area contributed by atoms with Crippen LogP contribution in [0.25, 0.3) is 0 Å². The molecule has 105 heavy (non-hydrogen) atoms. The minimum atomic E-state index is -1.98. The predicted molar refractivity (Wildman–Crippen MR) is 420 cm³/mol. The molecule has 3 fully saturated rings. The van der Waals surface area contributed by atoms with Gasteiger partial charge < -0.3 is 89.9 Å². The third-order valence-electron chi connectivity index (χ3n) is 21.9. The van der Waals surface area contributed by atoms with E-state index in [1.807, 2.05) is 6.08 Å². The molecule has 0 aliphatic carbocycles. The van der Waals surface area contributed by atoms with Crippen molar-refractivity contribution in [3.63, 3.8) is 0 Å². The summed E-state index contributed by atoms with van der Waals surface area (Å²) in [5.41, 5.74) is 0. The molecule has 12 N–H and O–H groups in total. The smallest absolute Gasteiger partial charge is 0.220 e. The molecule has 3 saturated heterocycles. The fraction of sp³-hybridized carbons (Fsp3) is 0.919. The molecule has 19 nitrogen and oxygen atoms in total. The van der Waals surface area contributed by atoms with Gasteiger partial charge in [-0.25, -0.2) is 0 Å². The maximum atomic E-state index is 13.5. The van der Waals surface area contributed by atoms with Gasteiger partial charge in [-0.05, 0) is 44.9 Å². The van der Waals surface area contributed by atoms with E-state index in [1.165, 1.54) is 295 Å². The molecular formula is C86H161NO18. The van der Waals surface area contributed by atoms with E-state index in [2.05, 4.69) is 43.5 Å². The van der Waals surface area contributed by atoms with Crippen LogP contribution in [0.2, 0.25) is 0 Å². The van der Waals surface area contributed by atoms with E-state index in [4.69, 9.17) is 28.4 Å². The number of allylic oxidation sites excluding steroid dienone is 5. The molecule has 0 aromatic heterocycles. The largest absolute Gasteiger partial charge is 0.394 e. The Kier molecular flexibility index (Phi) is 61.7. The highest BCUT2D eigenvalue weighted by atomic mass is 16.8. The fourth-order valence-electron chi connectivity index (χ4n) is 14.9. The van der Waals surface area contributed by atoms with Crippen molar-refractivity contribution < 1.29 is 89.4 Å². The molecule has 618 valence electrons. The minimum absolute atomic E-state index is 0.237. The van der Waals surface area contributed by atoms with Crippen molar-refractivity contribution in [2.75, 3.05) is 26.4 Å². The fourth-order valence-corrected chi connectivity index (χ4v) is 14.9. The van der Waals surface area contributed by atoms with Gasteiger partial charge in [0.25, 0.3) is 0 Å². The summed E-state index contributed by atoms with van der Waals surface area (Å²) in [5, 5.41) is 121. The number of aliphatic hydroxyl groups excluding tert-OH is 11. The summed E-state index contributed by atoms with van der Waals surface area (Å²) in [5.74, 6) is -0.282. The zero-order valence-corrected chi connectivity index (χ0v) is 66.5. The molecule has 3 rings (SSSR count). The lowest BCUT2D eigenvalue weighted by Crippen LogP contribution is -2.66. The van der Waals surface area contributed by atoms with Crippen LogP contribution in [0.1, 0.15) is 373 Å². The van der Waals surface area contributed by atoms with Crippen LogP contribution in [0.5, 0.6) is 0 Å². The first-order valence-electron chi connectivity index (χ1n) is 43.7. The number of aliphatic hydroxyl groups is 11. The number of unbranched alkanes of at least 4 members (excludes halogenated alkanes) is 51. The summed E-state index contributed by atoms with van der Waals surface area (Å²) in [6.45, 7) is 1.78. The van der Waals surface area contributed by atoms with Gasteiger partial charge in [-0.15, -0.1) is 0 Å². The molecular weight excluding hydrogens is 1330 g/mol. The molecule has 3 heterocycles. The lowest BCUT2D eigenvalue weighted by molar-refractivity contribution is -0.379. The number of hydrogen-bond acceptors (Lipinski definition) is 18. The van der Waals surface area contributed by atoms with Crippen molar-refractivity contribution in [3.8, 4) is 0 Å². The Balaban J connectivity index is 1.36. The second-order valence-corrected chi connectivity index (χ2v) is 31.3.